The predicted octanol–water partition coefficient (Wildman–Crippen LogP) is -1.56. The van der Waals surface area contributed by atoms with Crippen LogP contribution in [0.2, 0.25) is 0 Å². The molecule has 0 amide bonds. The van der Waals surface area contributed by atoms with Crippen molar-refractivity contribution in [1.29, 1.82) is 0 Å². The van der Waals surface area contributed by atoms with Crippen LogP contribution in [0.3, 0.4) is 0 Å². The molecule has 0 saturated heterocycles. The monoisotopic (exact) mass is 382 g/mol. The van der Waals surface area contributed by atoms with Gasteiger partial charge in [0.1, 0.15) is 6.10 Å². The molecule has 0 aliphatic carbocycles. The van der Waals surface area contributed by atoms with Crippen LogP contribution in [0.1, 0.15) is 51.9 Å². The van der Waals surface area contributed by atoms with Crippen LogP contribution in [-0.2, 0) is 9.53 Å². The molecule has 0 heterocycles. The Kier molecular flexibility index (Phi) is 13.8. The summed E-state index contributed by atoms with van der Waals surface area (Å²) in [7, 11) is 0. The van der Waals surface area contributed by atoms with Crippen molar-refractivity contribution in [2.45, 2.75) is 88.5 Å². The first-order chi connectivity index (χ1) is 12.2. The van der Waals surface area contributed by atoms with Crippen LogP contribution >= 0.6 is 0 Å². The molecule has 0 radical (unpaired) electrons. The molecular weight excluding hydrogens is 348 g/mol. The molecule has 7 N–H and O–H groups in total. The number of carbonyl (C=O) groups is 1. The van der Waals surface area contributed by atoms with Gasteiger partial charge in [0, 0.05) is 33.0 Å². The molecule has 6 atom stereocenters. The fourth-order valence-electron chi connectivity index (χ4n) is 2.80. The molecule has 0 unspecified atom stereocenters. The first-order valence-electron chi connectivity index (χ1n) is 8.97. The molecule has 0 aliphatic heterocycles. The number of esters is 1. The number of ether oxygens (including phenoxy) is 1. The standard InChI is InChI=1S/C17H34O9/c1-11(20)26-17(9-13(22)3-5-19)10-16(25)8-15(24)7-14(23)6-12(21)2-4-18/h12-19,21-25H,2-10H2,1H3/t12-,13-,14-,15+,16-,17-/m0/s1. The molecule has 0 bridgehead atoms. The highest BCUT2D eigenvalue weighted by atomic mass is 16.5. The zero-order valence-corrected chi connectivity index (χ0v) is 15.3. The minimum atomic E-state index is -1.03. The molecule has 0 aromatic heterocycles. The third-order valence-corrected chi connectivity index (χ3v) is 3.96. The van der Waals surface area contributed by atoms with Crippen LogP contribution in [-0.4, -0.2) is 91.6 Å². The Hall–Kier alpha value is -0.810. The zero-order valence-electron chi connectivity index (χ0n) is 15.3. The van der Waals surface area contributed by atoms with E-state index in [1.54, 1.807) is 0 Å². The third kappa shape index (κ3) is 13.4. The second-order valence-corrected chi connectivity index (χ2v) is 6.70. The van der Waals surface area contributed by atoms with Gasteiger partial charge in [-0.3, -0.25) is 4.79 Å². The Morgan fingerprint density at radius 3 is 1.46 bits per heavy atom. The summed E-state index contributed by atoms with van der Waals surface area (Å²) in [5.74, 6) is -0.563. The zero-order chi connectivity index (χ0) is 20.1. The Bertz CT molecular complexity index is 366. The number of aliphatic hydroxyl groups is 7. The first-order valence-corrected chi connectivity index (χ1v) is 8.97. The van der Waals surface area contributed by atoms with Crippen LogP contribution in [0.5, 0.6) is 0 Å². The summed E-state index contributed by atoms with van der Waals surface area (Å²) >= 11 is 0. The molecule has 9 heteroatoms. The van der Waals surface area contributed by atoms with Gasteiger partial charge in [-0.1, -0.05) is 0 Å². The van der Waals surface area contributed by atoms with Gasteiger partial charge in [0.2, 0.25) is 0 Å². The lowest BCUT2D eigenvalue weighted by Crippen LogP contribution is -2.31. The summed E-state index contributed by atoms with van der Waals surface area (Å²) in [5, 5.41) is 66.6. The molecule has 26 heavy (non-hydrogen) atoms. The lowest BCUT2D eigenvalue weighted by molar-refractivity contribution is -0.149. The number of aliphatic hydroxyl groups excluding tert-OH is 7. The van der Waals surface area contributed by atoms with Gasteiger partial charge in [0.15, 0.2) is 0 Å². The van der Waals surface area contributed by atoms with E-state index in [-0.39, 0.29) is 58.2 Å². The van der Waals surface area contributed by atoms with E-state index >= 15 is 0 Å². The van der Waals surface area contributed by atoms with Crippen LogP contribution < -0.4 is 0 Å². The molecule has 9 nitrogen and oxygen atoms in total. The summed E-state index contributed by atoms with van der Waals surface area (Å²) < 4.78 is 5.05. The Morgan fingerprint density at radius 2 is 1.04 bits per heavy atom. The minimum absolute atomic E-state index is 0.00234. The van der Waals surface area contributed by atoms with Crippen molar-refractivity contribution >= 4 is 5.97 Å². The van der Waals surface area contributed by atoms with Gasteiger partial charge in [-0.2, -0.15) is 0 Å². The highest BCUT2D eigenvalue weighted by Gasteiger charge is 2.24. The van der Waals surface area contributed by atoms with Crippen molar-refractivity contribution in [2.75, 3.05) is 13.2 Å². The smallest absolute Gasteiger partial charge is 0.302 e. The van der Waals surface area contributed by atoms with Gasteiger partial charge in [0.05, 0.1) is 30.5 Å². The van der Waals surface area contributed by atoms with Crippen molar-refractivity contribution in [3.05, 3.63) is 0 Å². The fourth-order valence-corrected chi connectivity index (χ4v) is 2.80. The average Bonchev–Trinajstić information content (AvgIpc) is 2.45. The Morgan fingerprint density at radius 1 is 0.692 bits per heavy atom. The molecule has 0 aromatic carbocycles. The van der Waals surface area contributed by atoms with Crippen molar-refractivity contribution in [3.8, 4) is 0 Å². The molecule has 0 saturated carbocycles. The maximum atomic E-state index is 11.1. The topological polar surface area (TPSA) is 168 Å². The predicted molar refractivity (Wildman–Crippen MR) is 92.1 cm³/mol. The van der Waals surface area contributed by atoms with Crippen LogP contribution in [0.25, 0.3) is 0 Å². The molecular formula is C17H34O9. The van der Waals surface area contributed by atoms with Crippen molar-refractivity contribution in [3.63, 3.8) is 0 Å². The molecule has 156 valence electrons. The van der Waals surface area contributed by atoms with Crippen LogP contribution in [0, 0.1) is 0 Å². The number of hydrogen-bond donors (Lipinski definition) is 7. The van der Waals surface area contributed by atoms with E-state index in [0.717, 1.165) is 0 Å². The van der Waals surface area contributed by atoms with Crippen molar-refractivity contribution in [1.82, 2.24) is 0 Å². The molecule has 0 fully saturated rings. The number of hydrogen-bond acceptors (Lipinski definition) is 9. The highest BCUT2D eigenvalue weighted by Crippen LogP contribution is 2.17. The number of carbonyl (C=O) groups excluding carboxylic acids is 1. The van der Waals surface area contributed by atoms with E-state index in [4.69, 9.17) is 14.9 Å². The Balaban J connectivity index is 4.37. The van der Waals surface area contributed by atoms with E-state index in [0.29, 0.717) is 0 Å². The molecule has 0 rings (SSSR count). The largest absolute Gasteiger partial charge is 0.462 e. The van der Waals surface area contributed by atoms with Crippen LogP contribution in [0.15, 0.2) is 0 Å². The van der Waals surface area contributed by atoms with Gasteiger partial charge < -0.3 is 40.5 Å². The van der Waals surface area contributed by atoms with Crippen molar-refractivity contribution in [2.24, 2.45) is 0 Å². The highest BCUT2D eigenvalue weighted by molar-refractivity contribution is 5.66. The summed E-state index contributed by atoms with van der Waals surface area (Å²) in [6.07, 6.45) is -5.32. The second-order valence-electron chi connectivity index (χ2n) is 6.70. The van der Waals surface area contributed by atoms with Gasteiger partial charge in [-0.25, -0.2) is 0 Å². The molecule has 0 aromatic rings. The average molecular weight is 382 g/mol. The van der Waals surface area contributed by atoms with E-state index in [1.165, 1.54) is 6.92 Å². The maximum absolute atomic E-state index is 11.1. The van der Waals surface area contributed by atoms with Gasteiger partial charge in [-0.05, 0) is 32.1 Å². The summed E-state index contributed by atoms with van der Waals surface area (Å²) in [5.41, 5.74) is 0. The van der Waals surface area contributed by atoms with Gasteiger partial charge in [0.25, 0.3) is 0 Å². The third-order valence-electron chi connectivity index (χ3n) is 3.96. The lowest BCUT2D eigenvalue weighted by atomic mass is 9.96. The fraction of sp³-hybridized carbons (Fsp3) is 0.941. The Labute approximate surface area is 153 Å². The van der Waals surface area contributed by atoms with E-state index in [9.17, 15) is 30.3 Å². The van der Waals surface area contributed by atoms with Crippen molar-refractivity contribution < 1.29 is 45.3 Å². The molecule has 0 aliphatic rings. The minimum Gasteiger partial charge on any atom is -0.462 e. The quantitative estimate of drug-likeness (QED) is 0.166. The van der Waals surface area contributed by atoms with Crippen LogP contribution in [0.4, 0.5) is 0 Å². The summed E-state index contributed by atoms with van der Waals surface area (Å²) in [6, 6.07) is 0. The van der Waals surface area contributed by atoms with Gasteiger partial charge in [-0.15, -0.1) is 0 Å². The first kappa shape index (κ1) is 25.2. The summed E-state index contributed by atoms with van der Waals surface area (Å²) in [6.45, 7) is 0.796. The van der Waals surface area contributed by atoms with E-state index in [1.807, 2.05) is 0 Å². The summed E-state index contributed by atoms with van der Waals surface area (Å²) in [4.78, 5) is 11.1. The maximum Gasteiger partial charge on any atom is 0.302 e. The normalized spacial score (nSPS) is 18.6. The lowest BCUT2D eigenvalue weighted by Gasteiger charge is -2.24. The molecule has 0 spiro atoms. The van der Waals surface area contributed by atoms with E-state index < -0.39 is 42.6 Å². The second kappa shape index (κ2) is 14.3. The van der Waals surface area contributed by atoms with Gasteiger partial charge >= 0.3 is 5.97 Å². The van der Waals surface area contributed by atoms with E-state index in [2.05, 4.69) is 0 Å². The SMILES string of the molecule is CC(=O)O[C@@H](C[C@@H](O)CCO)C[C@@H](O)C[C@H](O)C[C@@H](O)C[C@@H](O)CCO. The number of rotatable bonds is 15.